The molecule has 0 radical (unpaired) electrons. The molecule has 1 fully saturated rings. The maximum atomic E-state index is 13.1. The smallest absolute Gasteiger partial charge is 0.227 e. The first-order valence-electron chi connectivity index (χ1n) is 7.92. The fourth-order valence-corrected chi connectivity index (χ4v) is 2.84. The highest BCUT2D eigenvalue weighted by molar-refractivity contribution is 6.00. The van der Waals surface area contributed by atoms with Crippen LogP contribution < -0.4 is 10.2 Å². The molecule has 24 heavy (non-hydrogen) atoms. The molecular weight excluding hydrogens is 307 g/mol. The van der Waals surface area contributed by atoms with Crippen molar-refractivity contribution in [2.45, 2.75) is 19.9 Å². The average molecular weight is 326 g/mol. The summed E-state index contributed by atoms with van der Waals surface area (Å²) in [6.45, 7) is 2.61. The molecule has 0 saturated carbocycles. The van der Waals surface area contributed by atoms with Crippen molar-refractivity contribution >= 4 is 17.5 Å². The Hall–Kier alpha value is -2.69. The maximum Gasteiger partial charge on any atom is 0.227 e. The Morgan fingerprint density at radius 2 is 2.00 bits per heavy atom. The third kappa shape index (κ3) is 3.62. The standard InChI is InChI=1S/C19H19FN2O2/c1-13-5-7-17(8-6-13)22-12-15(10-18(22)23)19(24)21-11-14-3-2-4-16(20)9-14/h2-9,15H,10-12H2,1H3,(H,21,24)/t15-/m1/s1. The summed E-state index contributed by atoms with van der Waals surface area (Å²) < 4.78 is 13.1. The van der Waals surface area contributed by atoms with E-state index in [9.17, 15) is 14.0 Å². The summed E-state index contributed by atoms with van der Waals surface area (Å²) in [7, 11) is 0. The number of hydrogen-bond donors (Lipinski definition) is 1. The second kappa shape index (κ2) is 6.83. The van der Waals surface area contributed by atoms with Crippen molar-refractivity contribution in [2.75, 3.05) is 11.4 Å². The number of carbonyl (C=O) groups excluding carboxylic acids is 2. The van der Waals surface area contributed by atoms with Gasteiger partial charge in [0, 0.05) is 25.2 Å². The predicted octanol–water partition coefficient (Wildman–Crippen LogP) is 2.80. The van der Waals surface area contributed by atoms with Crippen LogP contribution in [0.3, 0.4) is 0 Å². The zero-order chi connectivity index (χ0) is 17.1. The molecule has 0 bridgehead atoms. The van der Waals surface area contributed by atoms with E-state index in [4.69, 9.17) is 0 Å². The Morgan fingerprint density at radius 1 is 1.25 bits per heavy atom. The van der Waals surface area contributed by atoms with E-state index in [0.29, 0.717) is 12.1 Å². The Morgan fingerprint density at radius 3 is 2.71 bits per heavy atom. The molecule has 0 spiro atoms. The molecular formula is C19H19FN2O2. The van der Waals surface area contributed by atoms with Gasteiger partial charge in [0.1, 0.15) is 5.82 Å². The molecule has 0 unspecified atom stereocenters. The Bertz CT molecular complexity index is 758. The lowest BCUT2D eigenvalue weighted by atomic mass is 10.1. The minimum atomic E-state index is -0.382. The number of rotatable bonds is 4. The Kier molecular flexibility index (Phi) is 4.60. The van der Waals surface area contributed by atoms with Crippen molar-refractivity contribution in [3.8, 4) is 0 Å². The molecule has 124 valence electrons. The molecule has 0 aliphatic carbocycles. The number of aryl methyl sites for hydroxylation is 1. The van der Waals surface area contributed by atoms with E-state index in [1.165, 1.54) is 12.1 Å². The highest BCUT2D eigenvalue weighted by Crippen LogP contribution is 2.25. The van der Waals surface area contributed by atoms with Crippen molar-refractivity contribution in [2.24, 2.45) is 5.92 Å². The molecule has 1 heterocycles. The summed E-state index contributed by atoms with van der Waals surface area (Å²) in [5.41, 5.74) is 2.63. The van der Waals surface area contributed by atoms with Gasteiger partial charge in [-0.05, 0) is 36.8 Å². The van der Waals surface area contributed by atoms with Gasteiger partial charge in [-0.2, -0.15) is 0 Å². The van der Waals surface area contributed by atoms with Crippen LogP contribution >= 0.6 is 0 Å². The number of nitrogens with zero attached hydrogens (tertiary/aromatic N) is 1. The van der Waals surface area contributed by atoms with Crippen LogP contribution in [0.2, 0.25) is 0 Å². The number of hydrogen-bond acceptors (Lipinski definition) is 2. The molecule has 2 aromatic rings. The molecule has 0 aromatic heterocycles. The summed E-state index contributed by atoms with van der Waals surface area (Å²) in [5.74, 6) is -0.942. The summed E-state index contributed by atoms with van der Waals surface area (Å²) in [4.78, 5) is 26.1. The average Bonchev–Trinajstić information content (AvgIpc) is 2.95. The van der Waals surface area contributed by atoms with Gasteiger partial charge < -0.3 is 10.2 Å². The van der Waals surface area contributed by atoms with Crippen LogP contribution in [-0.2, 0) is 16.1 Å². The van der Waals surface area contributed by atoms with Crippen molar-refractivity contribution in [1.29, 1.82) is 0 Å². The van der Waals surface area contributed by atoms with E-state index < -0.39 is 0 Å². The van der Waals surface area contributed by atoms with Crippen LogP contribution in [0.15, 0.2) is 48.5 Å². The number of nitrogens with one attached hydrogen (secondary N) is 1. The van der Waals surface area contributed by atoms with Gasteiger partial charge >= 0.3 is 0 Å². The predicted molar refractivity (Wildman–Crippen MR) is 89.9 cm³/mol. The van der Waals surface area contributed by atoms with Crippen molar-refractivity contribution in [3.05, 3.63) is 65.5 Å². The SMILES string of the molecule is Cc1ccc(N2C[C@H](C(=O)NCc3cccc(F)c3)CC2=O)cc1. The molecule has 1 N–H and O–H groups in total. The van der Waals surface area contributed by atoms with E-state index >= 15 is 0 Å². The first kappa shape index (κ1) is 16.2. The third-order valence-electron chi connectivity index (χ3n) is 4.20. The van der Waals surface area contributed by atoms with Gasteiger partial charge in [-0.3, -0.25) is 9.59 Å². The number of amides is 2. The van der Waals surface area contributed by atoms with Crippen LogP contribution in [0.4, 0.5) is 10.1 Å². The zero-order valence-electron chi connectivity index (χ0n) is 13.5. The lowest BCUT2D eigenvalue weighted by Gasteiger charge is -2.17. The minimum Gasteiger partial charge on any atom is -0.352 e. The molecule has 1 saturated heterocycles. The van der Waals surface area contributed by atoms with Crippen molar-refractivity contribution in [3.63, 3.8) is 0 Å². The third-order valence-corrected chi connectivity index (χ3v) is 4.20. The van der Waals surface area contributed by atoms with Crippen LogP contribution in [0.5, 0.6) is 0 Å². The van der Waals surface area contributed by atoms with E-state index in [2.05, 4.69) is 5.32 Å². The Balaban J connectivity index is 1.60. The van der Waals surface area contributed by atoms with E-state index in [0.717, 1.165) is 11.3 Å². The molecule has 2 aromatic carbocycles. The van der Waals surface area contributed by atoms with Gasteiger partial charge in [0.25, 0.3) is 0 Å². The largest absolute Gasteiger partial charge is 0.352 e. The molecule has 1 aliphatic rings. The lowest BCUT2D eigenvalue weighted by Crippen LogP contribution is -2.32. The normalized spacial score (nSPS) is 17.2. The van der Waals surface area contributed by atoms with Crippen LogP contribution in [0.25, 0.3) is 0 Å². The van der Waals surface area contributed by atoms with Crippen molar-refractivity contribution < 1.29 is 14.0 Å². The van der Waals surface area contributed by atoms with Gasteiger partial charge in [0.05, 0.1) is 5.92 Å². The highest BCUT2D eigenvalue weighted by Gasteiger charge is 2.34. The molecule has 5 heteroatoms. The van der Waals surface area contributed by atoms with Gasteiger partial charge in [0.2, 0.25) is 11.8 Å². The van der Waals surface area contributed by atoms with Crippen LogP contribution in [0.1, 0.15) is 17.5 Å². The fraction of sp³-hybridized carbons (Fsp3) is 0.263. The second-order valence-corrected chi connectivity index (χ2v) is 6.09. The molecule has 2 amide bonds. The molecule has 4 nitrogen and oxygen atoms in total. The monoisotopic (exact) mass is 326 g/mol. The number of carbonyl (C=O) groups is 2. The summed E-state index contributed by atoms with van der Waals surface area (Å²) in [5, 5.41) is 2.79. The van der Waals surface area contributed by atoms with E-state index in [1.807, 2.05) is 31.2 Å². The minimum absolute atomic E-state index is 0.0511. The van der Waals surface area contributed by atoms with E-state index in [-0.39, 0.29) is 36.5 Å². The van der Waals surface area contributed by atoms with Gasteiger partial charge in [-0.25, -0.2) is 4.39 Å². The van der Waals surface area contributed by atoms with E-state index in [1.54, 1.807) is 17.0 Å². The Labute approximate surface area is 140 Å². The fourth-order valence-electron chi connectivity index (χ4n) is 2.84. The van der Waals surface area contributed by atoms with Crippen molar-refractivity contribution in [1.82, 2.24) is 5.32 Å². The summed E-state index contributed by atoms with van der Waals surface area (Å²) >= 11 is 0. The zero-order valence-corrected chi connectivity index (χ0v) is 13.5. The quantitative estimate of drug-likeness (QED) is 0.939. The number of anilines is 1. The second-order valence-electron chi connectivity index (χ2n) is 6.09. The number of benzene rings is 2. The summed E-state index contributed by atoms with van der Waals surface area (Å²) in [6.07, 6.45) is 0.197. The highest BCUT2D eigenvalue weighted by atomic mass is 19.1. The van der Waals surface area contributed by atoms with Crippen LogP contribution in [-0.4, -0.2) is 18.4 Å². The van der Waals surface area contributed by atoms with Gasteiger partial charge in [-0.15, -0.1) is 0 Å². The molecule has 3 rings (SSSR count). The lowest BCUT2D eigenvalue weighted by molar-refractivity contribution is -0.126. The maximum absolute atomic E-state index is 13.1. The topological polar surface area (TPSA) is 49.4 Å². The molecule has 1 atom stereocenters. The van der Waals surface area contributed by atoms with Gasteiger partial charge in [-0.1, -0.05) is 29.8 Å². The first-order valence-corrected chi connectivity index (χ1v) is 7.92. The molecule has 1 aliphatic heterocycles. The number of halogens is 1. The summed E-state index contributed by atoms with van der Waals surface area (Å²) in [6, 6.07) is 13.8. The first-order chi connectivity index (χ1) is 11.5. The van der Waals surface area contributed by atoms with Gasteiger partial charge in [0.15, 0.2) is 0 Å². The van der Waals surface area contributed by atoms with Crippen LogP contribution in [0, 0.1) is 18.7 Å².